The summed E-state index contributed by atoms with van der Waals surface area (Å²) < 4.78 is 13.5. The number of hydrogen-bond acceptors (Lipinski definition) is 3. The number of rotatable bonds is 4. The van der Waals surface area contributed by atoms with Crippen molar-refractivity contribution in [1.29, 1.82) is 0 Å². The maximum Gasteiger partial charge on any atom is 0.262 e. The highest BCUT2D eigenvalue weighted by atomic mass is 32.1. The molecule has 0 atom stereocenters. The predicted molar refractivity (Wildman–Crippen MR) is 82.7 cm³/mol. The van der Waals surface area contributed by atoms with Crippen LogP contribution in [0.25, 0.3) is 0 Å². The van der Waals surface area contributed by atoms with E-state index in [1.807, 2.05) is 5.38 Å². The molecule has 0 fully saturated rings. The summed E-state index contributed by atoms with van der Waals surface area (Å²) >= 11 is 1.33. The number of amides is 1. The van der Waals surface area contributed by atoms with Gasteiger partial charge in [-0.2, -0.15) is 0 Å². The smallest absolute Gasteiger partial charge is 0.262 e. The van der Waals surface area contributed by atoms with Crippen LogP contribution in [-0.4, -0.2) is 19.0 Å². The minimum Gasteiger partial charge on any atom is -0.351 e. The summed E-state index contributed by atoms with van der Waals surface area (Å²) in [6, 6.07) is 8.34. The minimum atomic E-state index is -0.252. The fourth-order valence-electron chi connectivity index (χ4n) is 1.82. The molecule has 108 valence electrons. The summed E-state index contributed by atoms with van der Waals surface area (Å²) in [7, 11) is 0. The lowest BCUT2D eigenvalue weighted by Crippen LogP contribution is -2.25. The summed E-state index contributed by atoms with van der Waals surface area (Å²) in [6.45, 7) is 0.631. The molecule has 0 spiro atoms. The van der Waals surface area contributed by atoms with E-state index >= 15 is 0 Å². The summed E-state index contributed by atoms with van der Waals surface area (Å²) in [5.41, 5.74) is 6.59. The van der Waals surface area contributed by atoms with Gasteiger partial charge in [-0.15, -0.1) is 11.3 Å². The van der Waals surface area contributed by atoms with Gasteiger partial charge in [0, 0.05) is 12.1 Å². The third kappa shape index (κ3) is 4.15. The van der Waals surface area contributed by atoms with Crippen molar-refractivity contribution in [2.24, 2.45) is 5.73 Å². The van der Waals surface area contributed by atoms with Gasteiger partial charge in [0.05, 0.1) is 6.54 Å². The Morgan fingerprint density at radius 3 is 2.90 bits per heavy atom. The molecule has 3 nitrogen and oxygen atoms in total. The molecule has 1 amide bonds. The van der Waals surface area contributed by atoms with Crippen LogP contribution in [0.5, 0.6) is 0 Å². The topological polar surface area (TPSA) is 55.1 Å². The fraction of sp³-hybridized carbons (Fsp3) is 0.188. The van der Waals surface area contributed by atoms with Crippen molar-refractivity contribution in [3.8, 4) is 11.8 Å². The maximum absolute atomic E-state index is 13.5. The van der Waals surface area contributed by atoms with E-state index in [4.69, 9.17) is 5.73 Å². The zero-order valence-corrected chi connectivity index (χ0v) is 12.2. The number of halogens is 1. The van der Waals surface area contributed by atoms with Crippen molar-refractivity contribution >= 4 is 17.2 Å². The molecule has 0 aliphatic heterocycles. The molecule has 1 aromatic heterocycles. The van der Waals surface area contributed by atoms with E-state index in [9.17, 15) is 9.18 Å². The molecule has 0 aliphatic rings. The first-order chi connectivity index (χ1) is 10.2. The highest BCUT2D eigenvalue weighted by Crippen LogP contribution is 2.15. The maximum atomic E-state index is 13.5. The Morgan fingerprint density at radius 2 is 2.14 bits per heavy atom. The Balaban J connectivity index is 1.94. The van der Waals surface area contributed by atoms with Crippen LogP contribution in [0.2, 0.25) is 0 Å². The fourth-order valence-corrected chi connectivity index (χ4v) is 2.59. The highest BCUT2D eigenvalue weighted by Gasteiger charge is 2.11. The van der Waals surface area contributed by atoms with Crippen LogP contribution in [0.15, 0.2) is 35.7 Å². The minimum absolute atomic E-state index is 0.192. The summed E-state index contributed by atoms with van der Waals surface area (Å²) in [6.07, 6.45) is 0.452. The van der Waals surface area contributed by atoms with Gasteiger partial charge in [0.15, 0.2) is 0 Å². The number of nitrogens with two attached hydrogens (primary N) is 1. The second kappa shape index (κ2) is 7.58. The van der Waals surface area contributed by atoms with Crippen molar-refractivity contribution in [3.05, 3.63) is 57.5 Å². The number of carbonyl (C=O) groups excluding carboxylic acids is 1. The molecule has 0 bridgehead atoms. The van der Waals surface area contributed by atoms with Gasteiger partial charge >= 0.3 is 0 Å². The predicted octanol–water partition coefficient (Wildman–Crippen LogP) is 2.17. The van der Waals surface area contributed by atoms with Crippen molar-refractivity contribution < 1.29 is 9.18 Å². The normalized spacial score (nSPS) is 9.81. The standard InChI is InChI=1S/C16H15FN2OS/c17-14-6-2-1-4-12(14)7-10-19-16(20)15-13(5-3-9-18)8-11-21-15/h1-2,4,6,8,11H,7,9-10,18H2,(H,19,20). The van der Waals surface area contributed by atoms with E-state index in [0.29, 0.717) is 29.0 Å². The van der Waals surface area contributed by atoms with Crippen LogP contribution in [0, 0.1) is 17.7 Å². The molecule has 21 heavy (non-hydrogen) atoms. The molecule has 1 heterocycles. The lowest BCUT2D eigenvalue weighted by Gasteiger charge is -2.05. The molecule has 1 aromatic carbocycles. The second-order valence-electron chi connectivity index (χ2n) is 4.27. The summed E-state index contributed by atoms with van der Waals surface area (Å²) in [4.78, 5) is 12.6. The third-order valence-corrected chi connectivity index (χ3v) is 3.75. The monoisotopic (exact) mass is 302 g/mol. The molecule has 0 saturated carbocycles. The number of benzene rings is 1. The molecule has 0 saturated heterocycles. The molecular formula is C16H15FN2OS. The molecule has 0 radical (unpaired) electrons. The zero-order valence-electron chi connectivity index (χ0n) is 11.4. The van der Waals surface area contributed by atoms with E-state index in [1.54, 1.807) is 24.3 Å². The van der Waals surface area contributed by atoms with Crippen LogP contribution in [0.4, 0.5) is 4.39 Å². The van der Waals surface area contributed by atoms with Crippen LogP contribution in [0.3, 0.4) is 0 Å². The Hall–Kier alpha value is -2.16. The molecular weight excluding hydrogens is 287 g/mol. The van der Waals surface area contributed by atoms with Gasteiger partial charge in [0.2, 0.25) is 0 Å². The van der Waals surface area contributed by atoms with Crippen LogP contribution >= 0.6 is 11.3 Å². The first-order valence-electron chi connectivity index (χ1n) is 6.50. The number of carbonyl (C=O) groups is 1. The molecule has 3 N–H and O–H groups in total. The summed E-state index contributed by atoms with van der Waals surface area (Å²) in [5, 5.41) is 4.60. The van der Waals surface area contributed by atoms with Gasteiger partial charge in [0.1, 0.15) is 10.7 Å². The first kappa shape index (κ1) is 15.2. The summed E-state index contributed by atoms with van der Waals surface area (Å²) in [5.74, 6) is 5.15. The van der Waals surface area contributed by atoms with Crippen molar-refractivity contribution in [3.63, 3.8) is 0 Å². The van der Waals surface area contributed by atoms with Gasteiger partial charge in [-0.1, -0.05) is 30.0 Å². The lowest BCUT2D eigenvalue weighted by atomic mass is 10.1. The van der Waals surface area contributed by atoms with Gasteiger partial charge in [-0.05, 0) is 29.5 Å². The Labute approximate surface area is 127 Å². The van der Waals surface area contributed by atoms with Gasteiger partial charge in [0.25, 0.3) is 5.91 Å². The van der Waals surface area contributed by atoms with Crippen molar-refractivity contribution in [2.45, 2.75) is 6.42 Å². The largest absolute Gasteiger partial charge is 0.351 e. The average molecular weight is 302 g/mol. The lowest BCUT2D eigenvalue weighted by molar-refractivity contribution is 0.0958. The molecule has 5 heteroatoms. The Morgan fingerprint density at radius 1 is 1.33 bits per heavy atom. The molecule has 0 aliphatic carbocycles. The van der Waals surface area contributed by atoms with Crippen LogP contribution < -0.4 is 11.1 Å². The SMILES string of the molecule is NCC#Cc1ccsc1C(=O)NCCc1ccccc1F. The molecule has 2 rings (SSSR count). The van der Waals surface area contributed by atoms with Crippen LogP contribution in [0.1, 0.15) is 20.8 Å². The van der Waals surface area contributed by atoms with Gasteiger partial charge in [-0.25, -0.2) is 4.39 Å². The Kier molecular flexibility index (Phi) is 5.50. The number of thiophene rings is 1. The number of nitrogens with one attached hydrogen (secondary N) is 1. The zero-order chi connectivity index (χ0) is 15.1. The van der Waals surface area contributed by atoms with Crippen LogP contribution in [-0.2, 0) is 6.42 Å². The van der Waals surface area contributed by atoms with E-state index in [2.05, 4.69) is 17.2 Å². The first-order valence-corrected chi connectivity index (χ1v) is 7.38. The molecule has 2 aromatic rings. The number of hydrogen-bond donors (Lipinski definition) is 2. The van der Waals surface area contributed by atoms with Gasteiger partial charge in [-0.3, -0.25) is 4.79 Å². The third-order valence-electron chi connectivity index (χ3n) is 2.83. The molecule has 0 unspecified atom stereocenters. The van der Waals surface area contributed by atoms with Crippen molar-refractivity contribution in [1.82, 2.24) is 5.32 Å². The quantitative estimate of drug-likeness (QED) is 0.851. The highest BCUT2D eigenvalue weighted by molar-refractivity contribution is 7.12. The van der Waals surface area contributed by atoms with E-state index in [1.165, 1.54) is 17.4 Å². The van der Waals surface area contributed by atoms with E-state index < -0.39 is 0 Å². The van der Waals surface area contributed by atoms with Gasteiger partial charge < -0.3 is 11.1 Å². The average Bonchev–Trinajstić information content (AvgIpc) is 2.95. The second-order valence-corrected chi connectivity index (χ2v) is 5.18. The van der Waals surface area contributed by atoms with E-state index in [-0.39, 0.29) is 18.3 Å². The van der Waals surface area contributed by atoms with E-state index in [0.717, 1.165) is 0 Å². The Bertz CT molecular complexity index is 685. The van der Waals surface area contributed by atoms with Crippen molar-refractivity contribution in [2.75, 3.05) is 13.1 Å².